The van der Waals surface area contributed by atoms with E-state index in [1.807, 2.05) is 0 Å². The molecule has 0 aliphatic heterocycles. The van der Waals surface area contributed by atoms with Crippen molar-refractivity contribution in [1.29, 1.82) is 0 Å². The molecule has 0 radical (unpaired) electrons. The zero-order valence-electron chi connectivity index (χ0n) is 18.2. The van der Waals surface area contributed by atoms with Gasteiger partial charge in [-0.2, -0.15) is 0 Å². The van der Waals surface area contributed by atoms with Crippen LogP contribution < -0.4 is 10.4 Å². The first-order valence-corrected chi connectivity index (χ1v) is 10.6. The summed E-state index contributed by atoms with van der Waals surface area (Å²) in [4.78, 5) is 7.11. The summed E-state index contributed by atoms with van der Waals surface area (Å²) in [7, 11) is 0. The van der Waals surface area contributed by atoms with Crippen molar-refractivity contribution < 1.29 is 0 Å². The Balaban J connectivity index is 2.28. The van der Waals surface area contributed by atoms with Crippen molar-refractivity contribution in [3.63, 3.8) is 0 Å². The van der Waals surface area contributed by atoms with Gasteiger partial charge in [0, 0.05) is 34.8 Å². The molecule has 148 valence electrons. The fraction of sp³-hybridized carbons (Fsp3) is 0.423. The zero-order chi connectivity index (χ0) is 20.3. The van der Waals surface area contributed by atoms with Gasteiger partial charge in [0.2, 0.25) is 0 Å². The number of nitrogens with zero attached hydrogens (tertiary/aromatic N) is 2. The van der Waals surface area contributed by atoms with Crippen LogP contribution in [0.5, 0.6) is 0 Å². The lowest BCUT2D eigenvalue weighted by atomic mass is 9.95. The van der Waals surface area contributed by atoms with E-state index in [1.54, 1.807) is 0 Å². The molecule has 2 aromatic rings. The zero-order valence-corrected chi connectivity index (χ0v) is 18.2. The molecule has 0 atom stereocenters. The third kappa shape index (κ3) is 4.38. The minimum Gasteiger partial charge on any atom is -0.374 e. The Hall–Kier alpha value is -2.35. The molecule has 0 bridgehead atoms. The summed E-state index contributed by atoms with van der Waals surface area (Å²) in [6.45, 7) is 17.3. The van der Waals surface area contributed by atoms with Crippen LogP contribution in [-0.4, -0.2) is 24.7 Å². The predicted molar refractivity (Wildman–Crippen MR) is 122 cm³/mol. The third-order valence-corrected chi connectivity index (χ3v) is 5.79. The molecule has 0 unspecified atom stereocenters. The molecule has 0 spiro atoms. The number of aliphatic imine (C=N–C) groups is 1. The quantitative estimate of drug-likeness (QED) is 0.640. The van der Waals surface area contributed by atoms with E-state index in [-0.39, 0.29) is 0 Å². The molecular formula is C26H34N2. The summed E-state index contributed by atoms with van der Waals surface area (Å²) in [5.74, 6) is 0.872. The van der Waals surface area contributed by atoms with Crippen molar-refractivity contribution in [2.24, 2.45) is 10.9 Å². The smallest absolute Gasteiger partial charge is 0.0779 e. The van der Waals surface area contributed by atoms with Gasteiger partial charge < -0.3 is 4.90 Å². The molecule has 2 aromatic carbocycles. The Morgan fingerprint density at radius 1 is 1.07 bits per heavy atom. The van der Waals surface area contributed by atoms with Crippen LogP contribution in [0.15, 0.2) is 41.4 Å². The van der Waals surface area contributed by atoms with E-state index in [1.165, 1.54) is 64.2 Å². The molecule has 28 heavy (non-hydrogen) atoms. The van der Waals surface area contributed by atoms with Crippen molar-refractivity contribution in [3.05, 3.63) is 69.1 Å². The van der Waals surface area contributed by atoms with Gasteiger partial charge in [-0.25, -0.2) is 0 Å². The monoisotopic (exact) mass is 374 g/mol. The summed E-state index contributed by atoms with van der Waals surface area (Å²) in [5, 5.41) is 2.46. The first-order chi connectivity index (χ1) is 13.5. The first-order valence-electron chi connectivity index (χ1n) is 10.6. The van der Waals surface area contributed by atoms with Crippen molar-refractivity contribution in [3.8, 4) is 0 Å². The van der Waals surface area contributed by atoms with E-state index in [2.05, 4.69) is 87.6 Å². The Labute approximate surface area is 170 Å². The van der Waals surface area contributed by atoms with E-state index in [0.29, 0.717) is 0 Å². The number of benzene rings is 2. The molecule has 0 aromatic heterocycles. The highest BCUT2D eigenvalue weighted by Crippen LogP contribution is 2.30. The highest BCUT2D eigenvalue weighted by molar-refractivity contribution is 5.73. The second-order valence-corrected chi connectivity index (χ2v) is 8.30. The minimum atomic E-state index is 0.872. The van der Waals surface area contributed by atoms with Gasteiger partial charge in [0.05, 0.1) is 5.70 Å². The number of hydrogen-bond acceptors (Lipinski definition) is 2. The summed E-state index contributed by atoms with van der Waals surface area (Å²) < 4.78 is 0. The molecule has 1 aliphatic rings. The van der Waals surface area contributed by atoms with Crippen molar-refractivity contribution in [2.75, 3.05) is 13.1 Å². The molecule has 3 rings (SSSR count). The average molecular weight is 375 g/mol. The van der Waals surface area contributed by atoms with Gasteiger partial charge >= 0.3 is 0 Å². The van der Waals surface area contributed by atoms with E-state index in [4.69, 9.17) is 0 Å². The van der Waals surface area contributed by atoms with Crippen LogP contribution >= 0.6 is 0 Å². The lowest BCUT2D eigenvalue weighted by Gasteiger charge is -2.25. The van der Waals surface area contributed by atoms with Crippen molar-refractivity contribution in [1.82, 2.24) is 4.90 Å². The van der Waals surface area contributed by atoms with Crippen LogP contribution in [0.2, 0.25) is 0 Å². The minimum absolute atomic E-state index is 0.872. The van der Waals surface area contributed by atoms with Gasteiger partial charge in [-0.15, -0.1) is 0 Å². The standard InChI is InChI=1S/C26H34N2/c1-7-14-28(17-22-12-13-22)21(5)23-10-8-9-11-24(23)26(27-6)25-19(3)15-18(2)16-20(25)4/h8-11,15-16,22H,6-7,12-14,17H2,1-5H3/b23-21+,26-24-. The van der Waals surface area contributed by atoms with Gasteiger partial charge in [-0.05, 0) is 70.7 Å². The second-order valence-electron chi connectivity index (χ2n) is 8.30. The molecular weight excluding hydrogens is 340 g/mol. The third-order valence-electron chi connectivity index (χ3n) is 5.79. The Morgan fingerprint density at radius 2 is 1.68 bits per heavy atom. The van der Waals surface area contributed by atoms with Gasteiger partial charge in [0.25, 0.3) is 0 Å². The van der Waals surface area contributed by atoms with Gasteiger partial charge in [-0.1, -0.05) is 48.9 Å². The van der Waals surface area contributed by atoms with E-state index < -0.39 is 0 Å². The van der Waals surface area contributed by atoms with Crippen LogP contribution in [-0.2, 0) is 0 Å². The highest BCUT2D eigenvalue weighted by atomic mass is 15.1. The van der Waals surface area contributed by atoms with Crippen LogP contribution in [0.3, 0.4) is 0 Å². The van der Waals surface area contributed by atoms with Crippen LogP contribution in [0.4, 0.5) is 0 Å². The molecule has 2 nitrogen and oxygen atoms in total. The molecule has 0 N–H and O–H groups in total. The number of aryl methyl sites for hydroxylation is 3. The Morgan fingerprint density at radius 3 is 2.21 bits per heavy atom. The summed E-state index contributed by atoms with van der Waals surface area (Å²) in [5.41, 5.74) is 7.37. The maximum atomic E-state index is 4.54. The summed E-state index contributed by atoms with van der Waals surface area (Å²) >= 11 is 0. The van der Waals surface area contributed by atoms with Crippen LogP contribution in [0, 0.1) is 26.7 Å². The maximum Gasteiger partial charge on any atom is 0.0779 e. The average Bonchev–Trinajstić information content (AvgIpc) is 3.48. The normalized spacial score (nSPS) is 15.9. The molecule has 1 saturated carbocycles. The van der Waals surface area contributed by atoms with Crippen LogP contribution in [0.1, 0.15) is 55.4 Å². The van der Waals surface area contributed by atoms with Crippen molar-refractivity contribution >= 4 is 18.1 Å². The van der Waals surface area contributed by atoms with Crippen molar-refractivity contribution in [2.45, 2.75) is 53.9 Å². The molecule has 0 heterocycles. The van der Waals surface area contributed by atoms with Gasteiger partial charge in [0.15, 0.2) is 0 Å². The molecule has 0 amide bonds. The second kappa shape index (κ2) is 8.77. The first kappa shape index (κ1) is 20.4. The molecule has 2 heteroatoms. The summed E-state index contributed by atoms with van der Waals surface area (Å²) in [6.07, 6.45) is 3.92. The topological polar surface area (TPSA) is 15.6 Å². The Kier molecular flexibility index (Phi) is 6.39. The van der Waals surface area contributed by atoms with E-state index >= 15 is 0 Å². The molecule has 0 saturated heterocycles. The SMILES string of the molecule is C=N/C(c1c(C)cc(C)cc1C)=c1/cccc/c1=C(/C)N(CCC)CC1CC1. The fourth-order valence-electron chi connectivity index (χ4n) is 4.31. The van der Waals surface area contributed by atoms with Crippen LogP contribution in [0.25, 0.3) is 11.4 Å². The summed E-state index contributed by atoms with van der Waals surface area (Å²) in [6, 6.07) is 13.2. The largest absolute Gasteiger partial charge is 0.374 e. The Bertz CT molecular complexity index is 957. The van der Waals surface area contributed by atoms with Gasteiger partial charge in [0.1, 0.15) is 0 Å². The van der Waals surface area contributed by atoms with E-state index in [0.717, 1.165) is 18.2 Å². The maximum absolute atomic E-state index is 4.54. The molecule has 1 aliphatic carbocycles. The number of hydrogen-bond donors (Lipinski definition) is 0. The lowest BCUT2D eigenvalue weighted by molar-refractivity contribution is 0.373. The number of rotatable bonds is 7. The fourth-order valence-corrected chi connectivity index (χ4v) is 4.31. The van der Waals surface area contributed by atoms with Gasteiger partial charge in [-0.3, -0.25) is 4.99 Å². The van der Waals surface area contributed by atoms with E-state index in [9.17, 15) is 0 Å². The molecule has 1 fully saturated rings. The highest BCUT2D eigenvalue weighted by Gasteiger charge is 2.24. The lowest BCUT2D eigenvalue weighted by Crippen LogP contribution is -2.36. The predicted octanol–water partition coefficient (Wildman–Crippen LogP) is 4.72.